The molecule has 3 rings (SSSR count). The van der Waals surface area contributed by atoms with Crippen LogP contribution >= 0.6 is 0 Å². The summed E-state index contributed by atoms with van der Waals surface area (Å²) >= 11 is 0. The predicted octanol–water partition coefficient (Wildman–Crippen LogP) is 3.16. The smallest absolute Gasteiger partial charge is 0.234 e. The van der Waals surface area contributed by atoms with E-state index >= 15 is 0 Å². The fourth-order valence-electron chi connectivity index (χ4n) is 3.30. The van der Waals surface area contributed by atoms with E-state index in [1.807, 2.05) is 25.1 Å². The minimum Gasteiger partial charge on any atom is -0.467 e. The van der Waals surface area contributed by atoms with Crippen molar-refractivity contribution in [2.24, 2.45) is 0 Å². The second kappa shape index (κ2) is 7.47. The van der Waals surface area contributed by atoms with Gasteiger partial charge in [-0.1, -0.05) is 30.3 Å². The molecule has 4 heteroatoms. The highest BCUT2D eigenvalue weighted by molar-refractivity contribution is 5.78. The predicted molar refractivity (Wildman–Crippen MR) is 90.0 cm³/mol. The van der Waals surface area contributed by atoms with Gasteiger partial charge in [0.05, 0.1) is 18.8 Å². The van der Waals surface area contributed by atoms with Crippen LogP contribution in [0, 0.1) is 0 Å². The molecule has 2 unspecified atom stereocenters. The number of likely N-dealkylation sites (tertiary alicyclic amines) is 1. The number of nitrogens with one attached hydrogen (secondary N) is 1. The van der Waals surface area contributed by atoms with E-state index in [0.29, 0.717) is 12.6 Å². The van der Waals surface area contributed by atoms with E-state index < -0.39 is 0 Å². The highest BCUT2D eigenvalue weighted by Gasteiger charge is 2.26. The van der Waals surface area contributed by atoms with Crippen molar-refractivity contribution in [2.45, 2.75) is 38.3 Å². The lowest BCUT2D eigenvalue weighted by Gasteiger charge is -2.24. The Morgan fingerprint density at radius 3 is 2.87 bits per heavy atom. The molecule has 1 N–H and O–H groups in total. The van der Waals surface area contributed by atoms with Crippen LogP contribution in [0.3, 0.4) is 0 Å². The number of carbonyl (C=O) groups excluding carboxylic acids is 1. The van der Waals surface area contributed by atoms with Crippen molar-refractivity contribution in [3.63, 3.8) is 0 Å². The van der Waals surface area contributed by atoms with E-state index in [1.54, 1.807) is 6.26 Å². The maximum absolute atomic E-state index is 12.3. The monoisotopic (exact) mass is 312 g/mol. The first kappa shape index (κ1) is 15.8. The number of furan rings is 1. The van der Waals surface area contributed by atoms with Gasteiger partial charge in [-0.25, -0.2) is 0 Å². The minimum atomic E-state index is -0.0901. The summed E-state index contributed by atoms with van der Waals surface area (Å²) in [4.78, 5) is 14.6. The van der Waals surface area contributed by atoms with Gasteiger partial charge in [-0.3, -0.25) is 9.69 Å². The number of hydrogen-bond acceptors (Lipinski definition) is 3. The van der Waals surface area contributed by atoms with Crippen LogP contribution in [0.1, 0.15) is 37.1 Å². The zero-order chi connectivity index (χ0) is 16.1. The Morgan fingerprint density at radius 2 is 2.13 bits per heavy atom. The third-order valence-electron chi connectivity index (χ3n) is 4.51. The first-order chi connectivity index (χ1) is 11.2. The molecule has 2 heterocycles. The molecule has 1 aromatic heterocycles. The van der Waals surface area contributed by atoms with Gasteiger partial charge in [-0.05, 0) is 50.4 Å². The van der Waals surface area contributed by atoms with Crippen LogP contribution in [0.2, 0.25) is 0 Å². The van der Waals surface area contributed by atoms with E-state index in [0.717, 1.165) is 25.1 Å². The molecule has 1 aliphatic heterocycles. The summed E-state index contributed by atoms with van der Waals surface area (Å²) in [6, 6.07) is 14.6. The Morgan fingerprint density at radius 1 is 1.30 bits per heavy atom. The van der Waals surface area contributed by atoms with Gasteiger partial charge in [0.15, 0.2) is 0 Å². The first-order valence-corrected chi connectivity index (χ1v) is 8.33. The summed E-state index contributed by atoms with van der Waals surface area (Å²) in [5.41, 5.74) is 1.34. The lowest BCUT2D eigenvalue weighted by Crippen LogP contribution is -2.41. The summed E-state index contributed by atoms with van der Waals surface area (Å²) in [5, 5.41) is 3.02. The molecule has 122 valence electrons. The quantitative estimate of drug-likeness (QED) is 0.891. The fourth-order valence-corrected chi connectivity index (χ4v) is 3.30. The molecule has 0 bridgehead atoms. The molecular weight excluding hydrogens is 288 g/mol. The maximum atomic E-state index is 12.3. The number of hydrogen-bond donors (Lipinski definition) is 1. The molecule has 0 radical (unpaired) electrons. The molecule has 0 spiro atoms. The Balaban J connectivity index is 1.53. The first-order valence-electron chi connectivity index (χ1n) is 8.33. The molecule has 1 saturated heterocycles. The molecule has 4 nitrogen and oxygen atoms in total. The SMILES string of the molecule is CC(NC(=O)CN1CCCC1Cc1ccccc1)c1ccco1. The van der Waals surface area contributed by atoms with Crippen LogP contribution in [0.4, 0.5) is 0 Å². The maximum Gasteiger partial charge on any atom is 0.234 e. The van der Waals surface area contributed by atoms with E-state index in [1.165, 1.54) is 12.0 Å². The molecule has 23 heavy (non-hydrogen) atoms. The van der Waals surface area contributed by atoms with Crippen LogP contribution in [0.15, 0.2) is 53.1 Å². The second-order valence-electron chi connectivity index (χ2n) is 6.26. The van der Waals surface area contributed by atoms with Gasteiger partial charge >= 0.3 is 0 Å². The van der Waals surface area contributed by atoms with Gasteiger partial charge in [0.2, 0.25) is 5.91 Å². The van der Waals surface area contributed by atoms with E-state index in [4.69, 9.17) is 4.42 Å². The van der Waals surface area contributed by atoms with Crippen molar-refractivity contribution < 1.29 is 9.21 Å². The molecule has 1 fully saturated rings. The molecule has 1 amide bonds. The van der Waals surface area contributed by atoms with Gasteiger partial charge < -0.3 is 9.73 Å². The third kappa shape index (κ3) is 4.23. The number of amides is 1. The second-order valence-corrected chi connectivity index (χ2v) is 6.26. The molecule has 2 atom stereocenters. The van der Waals surface area contributed by atoms with Crippen molar-refractivity contribution in [3.8, 4) is 0 Å². The van der Waals surface area contributed by atoms with Crippen LogP contribution < -0.4 is 5.32 Å². The summed E-state index contributed by atoms with van der Waals surface area (Å²) in [5.74, 6) is 0.856. The van der Waals surface area contributed by atoms with Gasteiger partial charge in [0.25, 0.3) is 0 Å². The van der Waals surface area contributed by atoms with Gasteiger partial charge in [-0.15, -0.1) is 0 Å². The zero-order valence-electron chi connectivity index (χ0n) is 13.6. The van der Waals surface area contributed by atoms with Gasteiger partial charge in [-0.2, -0.15) is 0 Å². The Bertz CT molecular complexity index is 610. The lowest BCUT2D eigenvalue weighted by molar-refractivity contribution is -0.123. The van der Waals surface area contributed by atoms with Crippen molar-refractivity contribution in [3.05, 3.63) is 60.1 Å². The highest BCUT2D eigenvalue weighted by atomic mass is 16.3. The zero-order valence-corrected chi connectivity index (χ0v) is 13.6. The number of carbonyl (C=O) groups is 1. The van der Waals surface area contributed by atoms with Gasteiger partial charge in [0.1, 0.15) is 5.76 Å². The van der Waals surface area contributed by atoms with Crippen molar-refractivity contribution in [2.75, 3.05) is 13.1 Å². The summed E-state index contributed by atoms with van der Waals surface area (Å²) in [6.07, 6.45) is 4.98. The van der Waals surface area contributed by atoms with E-state index in [-0.39, 0.29) is 11.9 Å². The molecule has 1 aromatic carbocycles. The largest absolute Gasteiger partial charge is 0.467 e. The van der Waals surface area contributed by atoms with E-state index in [9.17, 15) is 4.79 Å². The number of benzene rings is 1. The summed E-state index contributed by atoms with van der Waals surface area (Å²) in [7, 11) is 0. The Hall–Kier alpha value is -2.07. The number of nitrogens with zero attached hydrogens (tertiary/aromatic N) is 1. The van der Waals surface area contributed by atoms with Crippen molar-refractivity contribution in [1.29, 1.82) is 0 Å². The average Bonchev–Trinajstić information content (AvgIpc) is 3.21. The van der Waals surface area contributed by atoms with Crippen LogP contribution in [-0.2, 0) is 11.2 Å². The Labute approximate surface area is 137 Å². The fraction of sp³-hybridized carbons (Fsp3) is 0.421. The normalized spacial score (nSPS) is 19.6. The summed E-state index contributed by atoms with van der Waals surface area (Å²) < 4.78 is 5.34. The molecule has 0 aliphatic carbocycles. The lowest BCUT2D eigenvalue weighted by atomic mass is 10.0. The van der Waals surface area contributed by atoms with Crippen molar-refractivity contribution in [1.82, 2.24) is 10.2 Å². The summed E-state index contributed by atoms with van der Waals surface area (Å²) in [6.45, 7) is 3.41. The van der Waals surface area contributed by atoms with Crippen molar-refractivity contribution >= 4 is 5.91 Å². The highest BCUT2D eigenvalue weighted by Crippen LogP contribution is 2.21. The average molecular weight is 312 g/mol. The topological polar surface area (TPSA) is 45.5 Å². The number of rotatable bonds is 6. The molecule has 1 aliphatic rings. The molecular formula is C19H24N2O2. The van der Waals surface area contributed by atoms with Crippen LogP contribution in [-0.4, -0.2) is 29.9 Å². The third-order valence-corrected chi connectivity index (χ3v) is 4.51. The standard InChI is InChI=1S/C19H24N2O2/c1-15(18-10-6-12-23-18)20-19(22)14-21-11-5-9-17(21)13-16-7-3-2-4-8-16/h2-4,6-8,10,12,15,17H,5,9,11,13-14H2,1H3,(H,20,22). The minimum absolute atomic E-state index is 0.0638. The molecule has 2 aromatic rings. The van der Waals surface area contributed by atoms with Crippen LogP contribution in [0.25, 0.3) is 0 Å². The van der Waals surface area contributed by atoms with Crippen LogP contribution in [0.5, 0.6) is 0 Å². The van der Waals surface area contributed by atoms with Gasteiger partial charge in [0, 0.05) is 6.04 Å². The molecule has 0 saturated carbocycles. The van der Waals surface area contributed by atoms with E-state index in [2.05, 4.69) is 34.5 Å². The Kier molecular flexibility index (Phi) is 5.13.